The molecular weight excluding hydrogens is 236 g/mol. The summed E-state index contributed by atoms with van der Waals surface area (Å²) in [7, 11) is 0. The average Bonchev–Trinajstić information content (AvgIpc) is 2.84. The van der Waals surface area contributed by atoms with Gasteiger partial charge in [-0.3, -0.25) is 10.1 Å². The number of hydrogen-bond acceptors (Lipinski definition) is 3. The fraction of sp³-hybridized carbons (Fsp3) is 0.467. The Labute approximate surface area is 114 Å². The number of aromatic amines is 1. The van der Waals surface area contributed by atoms with Crippen LogP contribution >= 0.6 is 0 Å². The first-order chi connectivity index (χ1) is 9.07. The molecule has 0 unspecified atom stereocenters. The van der Waals surface area contributed by atoms with Gasteiger partial charge in [0.25, 0.3) is 0 Å². The molecule has 0 spiro atoms. The van der Waals surface area contributed by atoms with E-state index in [1.165, 1.54) is 11.3 Å². The van der Waals surface area contributed by atoms with Crippen molar-refractivity contribution in [2.24, 2.45) is 0 Å². The minimum absolute atomic E-state index is 0.106. The second-order valence-electron chi connectivity index (χ2n) is 5.77. The van der Waals surface area contributed by atoms with Crippen molar-refractivity contribution in [1.82, 2.24) is 20.5 Å². The smallest absolute Gasteiger partial charge is 0.0535 e. The van der Waals surface area contributed by atoms with Gasteiger partial charge in [0.05, 0.1) is 6.20 Å². The lowest BCUT2D eigenvalue weighted by molar-refractivity contribution is 0.553. The molecule has 0 saturated carbocycles. The Bertz CT molecular complexity index is 496. The molecule has 2 heterocycles. The molecule has 2 aromatic heterocycles. The molecule has 19 heavy (non-hydrogen) atoms. The van der Waals surface area contributed by atoms with Gasteiger partial charge in [0, 0.05) is 48.1 Å². The van der Waals surface area contributed by atoms with E-state index in [2.05, 4.69) is 47.3 Å². The summed E-state index contributed by atoms with van der Waals surface area (Å²) in [5.41, 5.74) is 3.68. The van der Waals surface area contributed by atoms with E-state index in [9.17, 15) is 0 Å². The summed E-state index contributed by atoms with van der Waals surface area (Å²) < 4.78 is 0. The summed E-state index contributed by atoms with van der Waals surface area (Å²) in [6.45, 7) is 8.34. The monoisotopic (exact) mass is 258 g/mol. The predicted molar refractivity (Wildman–Crippen MR) is 76.9 cm³/mol. The van der Waals surface area contributed by atoms with Gasteiger partial charge in [0.2, 0.25) is 0 Å². The summed E-state index contributed by atoms with van der Waals surface area (Å²) in [5, 5.41) is 10.7. The molecule has 2 N–H and O–H groups in total. The minimum atomic E-state index is 0.106. The number of nitrogens with zero attached hydrogens (tertiary/aromatic N) is 2. The maximum Gasteiger partial charge on any atom is 0.0535 e. The highest BCUT2D eigenvalue weighted by molar-refractivity contribution is 5.23. The van der Waals surface area contributed by atoms with E-state index in [1.54, 1.807) is 0 Å². The molecule has 0 fully saturated rings. The van der Waals surface area contributed by atoms with Crippen molar-refractivity contribution >= 4 is 0 Å². The van der Waals surface area contributed by atoms with Gasteiger partial charge in [-0.25, -0.2) is 0 Å². The van der Waals surface area contributed by atoms with Crippen LogP contribution in [-0.2, 0) is 18.4 Å². The molecule has 0 radical (unpaired) electrons. The highest BCUT2D eigenvalue weighted by atomic mass is 15.1. The van der Waals surface area contributed by atoms with Crippen LogP contribution in [0.3, 0.4) is 0 Å². The second-order valence-corrected chi connectivity index (χ2v) is 5.77. The highest BCUT2D eigenvalue weighted by Crippen LogP contribution is 2.23. The third-order valence-corrected chi connectivity index (χ3v) is 3.07. The maximum atomic E-state index is 4.31. The molecule has 102 valence electrons. The van der Waals surface area contributed by atoms with Crippen LogP contribution < -0.4 is 5.32 Å². The highest BCUT2D eigenvalue weighted by Gasteiger charge is 2.19. The fourth-order valence-corrected chi connectivity index (χ4v) is 2.08. The number of rotatable bonds is 5. The van der Waals surface area contributed by atoms with Crippen LogP contribution in [0.1, 0.15) is 37.7 Å². The first kappa shape index (κ1) is 13.7. The maximum absolute atomic E-state index is 4.31. The Balaban J connectivity index is 1.82. The Hall–Kier alpha value is -1.68. The van der Waals surface area contributed by atoms with Crippen molar-refractivity contribution in [2.45, 2.75) is 39.2 Å². The molecule has 0 aromatic carbocycles. The van der Waals surface area contributed by atoms with Crippen molar-refractivity contribution in [3.05, 3.63) is 47.5 Å². The molecule has 0 atom stereocenters. The lowest BCUT2D eigenvalue weighted by Crippen LogP contribution is -2.21. The van der Waals surface area contributed by atoms with Crippen LogP contribution in [0.25, 0.3) is 0 Å². The Morgan fingerprint density at radius 1 is 1.26 bits per heavy atom. The van der Waals surface area contributed by atoms with Crippen LogP contribution in [-0.4, -0.2) is 21.7 Å². The largest absolute Gasteiger partial charge is 0.312 e. The lowest BCUT2D eigenvalue weighted by atomic mass is 9.89. The van der Waals surface area contributed by atoms with Crippen molar-refractivity contribution in [1.29, 1.82) is 0 Å². The minimum Gasteiger partial charge on any atom is -0.312 e. The van der Waals surface area contributed by atoms with Gasteiger partial charge in [0.1, 0.15) is 0 Å². The van der Waals surface area contributed by atoms with Gasteiger partial charge in [-0.05, 0) is 12.1 Å². The molecule has 0 bridgehead atoms. The van der Waals surface area contributed by atoms with E-state index in [0.29, 0.717) is 0 Å². The van der Waals surface area contributed by atoms with Crippen molar-refractivity contribution in [3.8, 4) is 0 Å². The van der Waals surface area contributed by atoms with Gasteiger partial charge in [-0.15, -0.1) is 0 Å². The van der Waals surface area contributed by atoms with Crippen LogP contribution in [0, 0.1) is 0 Å². The number of H-pyrrole nitrogens is 1. The number of hydrogen-bond donors (Lipinski definition) is 2. The zero-order valence-corrected chi connectivity index (χ0v) is 11.9. The van der Waals surface area contributed by atoms with Gasteiger partial charge < -0.3 is 5.32 Å². The molecule has 0 aliphatic rings. The summed E-state index contributed by atoms with van der Waals surface area (Å²) in [5.74, 6) is 0. The first-order valence-corrected chi connectivity index (χ1v) is 6.71. The molecule has 0 amide bonds. The fourth-order valence-electron chi connectivity index (χ4n) is 2.08. The van der Waals surface area contributed by atoms with E-state index in [1.807, 2.05) is 24.5 Å². The quantitative estimate of drug-likeness (QED) is 0.810. The molecule has 4 nitrogen and oxygen atoms in total. The first-order valence-electron chi connectivity index (χ1n) is 6.71. The lowest BCUT2D eigenvalue weighted by Gasteiger charge is -2.18. The topological polar surface area (TPSA) is 53.6 Å². The van der Waals surface area contributed by atoms with E-state index in [4.69, 9.17) is 0 Å². The molecular formula is C15H22N4. The Kier molecular flexibility index (Phi) is 4.32. The summed E-state index contributed by atoms with van der Waals surface area (Å²) in [6.07, 6.45) is 4.70. The predicted octanol–water partition coefficient (Wildman–Crippen LogP) is 2.43. The van der Waals surface area contributed by atoms with Gasteiger partial charge in [-0.1, -0.05) is 26.8 Å². The normalized spacial score (nSPS) is 11.7. The molecule has 0 aliphatic carbocycles. The second kappa shape index (κ2) is 5.97. The summed E-state index contributed by atoms with van der Waals surface area (Å²) in [6, 6.07) is 6.02. The molecule has 2 aromatic rings. The van der Waals surface area contributed by atoms with Gasteiger partial charge >= 0.3 is 0 Å². The molecule has 4 heteroatoms. The zero-order valence-electron chi connectivity index (χ0n) is 11.9. The third-order valence-electron chi connectivity index (χ3n) is 3.07. The summed E-state index contributed by atoms with van der Waals surface area (Å²) >= 11 is 0. The number of aromatic nitrogens is 3. The van der Waals surface area contributed by atoms with E-state index < -0.39 is 0 Å². The van der Waals surface area contributed by atoms with Crippen molar-refractivity contribution < 1.29 is 0 Å². The van der Waals surface area contributed by atoms with Crippen LogP contribution in [0.15, 0.2) is 30.6 Å². The van der Waals surface area contributed by atoms with Gasteiger partial charge in [-0.2, -0.15) is 5.10 Å². The number of nitrogens with one attached hydrogen (secondary N) is 2. The third kappa shape index (κ3) is 3.89. The standard InChI is InChI=1S/C15H22N4/c1-15(2,3)14-12(11-18-19-14)10-16-9-7-13-6-4-5-8-17-13/h4-6,8,11,16H,7,9-10H2,1-3H3,(H,18,19). The Morgan fingerprint density at radius 3 is 2.79 bits per heavy atom. The molecule has 2 rings (SSSR count). The van der Waals surface area contributed by atoms with E-state index in [0.717, 1.165) is 25.2 Å². The van der Waals surface area contributed by atoms with Crippen molar-refractivity contribution in [3.63, 3.8) is 0 Å². The average molecular weight is 258 g/mol. The zero-order chi connectivity index (χ0) is 13.7. The van der Waals surface area contributed by atoms with Crippen LogP contribution in [0.2, 0.25) is 0 Å². The van der Waals surface area contributed by atoms with Crippen LogP contribution in [0.4, 0.5) is 0 Å². The van der Waals surface area contributed by atoms with E-state index >= 15 is 0 Å². The summed E-state index contributed by atoms with van der Waals surface area (Å²) in [4.78, 5) is 4.31. The van der Waals surface area contributed by atoms with Gasteiger partial charge in [0.15, 0.2) is 0 Å². The number of pyridine rings is 1. The molecule has 0 aliphatic heterocycles. The van der Waals surface area contributed by atoms with E-state index in [-0.39, 0.29) is 5.41 Å². The van der Waals surface area contributed by atoms with Crippen molar-refractivity contribution in [2.75, 3.05) is 6.54 Å². The molecule has 0 saturated heterocycles. The van der Waals surface area contributed by atoms with Crippen LogP contribution in [0.5, 0.6) is 0 Å². The Morgan fingerprint density at radius 2 is 2.11 bits per heavy atom. The SMILES string of the molecule is CC(C)(C)c1[nH]ncc1CNCCc1ccccn1.